The van der Waals surface area contributed by atoms with Crippen LogP contribution in [0.5, 0.6) is 0 Å². The Bertz CT molecular complexity index is 1820. The number of nitrogens with one attached hydrogen (secondary N) is 1. The van der Waals surface area contributed by atoms with Gasteiger partial charge in [-0.15, -0.1) is 0 Å². The van der Waals surface area contributed by atoms with Crippen molar-refractivity contribution in [3.05, 3.63) is 108 Å². The fraction of sp³-hybridized carbons (Fsp3) is 0.194. The molecule has 0 amide bonds. The van der Waals surface area contributed by atoms with Gasteiger partial charge in [0.1, 0.15) is 11.3 Å². The molecule has 0 saturated carbocycles. The third kappa shape index (κ3) is 4.20. The highest BCUT2D eigenvalue weighted by Crippen LogP contribution is 2.37. The summed E-state index contributed by atoms with van der Waals surface area (Å²) in [4.78, 5) is 18.7. The predicted octanol–water partition coefficient (Wildman–Crippen LogP) is 5.29. The van der Waals surface area contributed by atoms with Gasteiger partial charge >= 0.3 is 0 Å². The average Bonchev–Trinajstić information content (AvgIpc) is 3.72. The highest BCUT2D eigenvalue weighted by Gasteiger charge is 2.26. The largest absolute Gasteiger partial charge is 0.383 e. The maximum absolute atomic E-state index is 6.33. The van der Waals surface area contributed by atoms with E-state index >= 15 is 0 Å². The summed E-state index contributed by atoms with van der Waals surface area (Å²) in [6.45, 7) is 4.21. The molecular weight excluding hydrogens is 498 g/mol. The number of aryl methyl sites for hydroxylation is 2. The van der Waals surface area contributed by atoms with Crippen molar-refractivity contribution in [1.82, 2.24) is 39.6 Å². The molecule has 3 N–H and O–H groups in total. The molecule has 0 radical (unpaired) electrons. The zero-order chi connectivity index (χ0) is 27.2. The first-order chi connectivity index (χ1) is 19.5. The van der Waals surface area contributed by atoms with E-state index in [1.807, 2.05) is 49.6 Å². The van der Waals surface area contributed by atoms with Crippen molar-refractivity contribution in [3.8, 4) is 22.9 Å². The van der Waals surface area contributed by atoms with Gasteiger partial charge < -0.3 is 11.1 Å². The Morgan fingerprint density at radius 3 is 2.73 bits per heavy atom. The van der Waals surface area contributed by atoms with Crippen molar-refractivity contribution in [3.63, 3.8) is 0 Å². The molecule has 5 aromatic heterocycles. The van der Waals surface area contributed by atoms with E-state index in [-0.39, 0.29) is 12.1 Å². The quantitative estimate of drug-likeness (QED) is 0.303. The van der Waals surface area contributed by atoms with E-state index in [9.17, 15) is 0 Å². The van der Waals surface area contributed by atoms with Gasteiger partial charge in [-0.05, 0) is 91.9 Å². The number of rotatable bonds is 6. The summed E-state index contributed by atoms with van der Waals surface area (Å²) in [5.41, 5.74) is 14.5. The number of nitrogens with two attached hydrogens (primary N) is 1. The van der Waals surface area contributed by atoms with Crippen molar-refractivity contribution in [2.45, 2.75) is 38.8 Å². The first-order valence-electron chi connectivity index (χ1n) is 13.5. The number of anilines is 1. The van der Waals surface area contributed by atoms with E-state index < -0.39 is 0 Å². The van der Waals surface area contributed by atoms with E-state index in [0.29, 0.717) is 11.6 Å². The molecule has 7 rings (SSSR count). The van der Waals surface area contributed by atoms with Crippen molar-refractivity contribution in [1.29, 1.82) is 0 Å². The standard InChI is InChI=1S/C31H29N9/c1-19-6-7-22(18-34-19)20(2)36-26-11-8-21-17-23(9-10-24(21)26)40-30(25-5-3-14-33-29(25)32)37-27-12-13-28(38-31(27)40)39-16-4-15-35-39/h3-7,9-10,12-18,20,26,36H,8,11H2,1-2H3,(H2,32,33). The second kappa shape index (κ2) is 9.69. The number of imidazole rings is 1. The van der Waals surface area contributed by atoms with Gasteiger partial charge in [-0.2, -0.15) is 5.10 Å². The first-order valence-corrected chi connectivity index (χ1v) is 13.5. The third-order valence-electron chi connectivity index (χ3n) is 7.66. The predicted molar refractivity (Wildman–Crippen MR) is 155 cm³/mol. The Balaban J connectivity index is 1.30. The van der Waals surface area contributed by atoms with Crippen LogP contribution in [-0.4, -0.2) is 34.3 Å². The molecule has 9 nitrogen and oxygen atoms in total. The molecule has 0 fully saturated rings. The van der Waals surface area contributed by atoms with Gasteiger partial charge in [0.05, 0.1) is 5.56 Å². The van der Waals surface area contributed by atoms with Crippen molar-refractivity contribution >= 4 is 17.0 Å². The summed E-state index contributed by atoms with van der Waals surface area (Å²) in [6.07, 6.45) is 9.31. The molecule has 0 spiro atoms. The summed E-state index contributed by atoms with van der Waals surface area (Å²) in [6, 6.07) is 20.9. The number of fused-ring (bicyclic) bond motifs is 2. The van der Waals surface area contributed by atoms with Gasteiger partial charge in [0.25, 0.3) is 0 Å². The van der Waals surface area contributed by atoms with Crippen molar-refractivity contribution in [2.75, 3.05) is 5.73 Å². The average molecular weight is 528 g/mol. The molecular formula is C31H29N9. The fourth-order valence-corrected chi connectivity index (χ4v) is 5.56. The van der Waals surface area contributed by atoms with E-state index in [4.69, 9.17) is 15.7 Å². The van der Waals surface area contributed by atoms with E-state index in [1.165, 1.54) is 16.7 Å². The molecule has 5 heterocycles. The highest BCUT2D eigenvalue weighted by molar-refractivity contribution is 5.83. The molecule has 1 aliphatic carbocycles. The van der Waals surface area contributed by atoms with Gasteiger partial charge in [-0.3, -0.25) is 9.55 Å². The lowest BCUT2D eigenvalue weighted by atomic mass is 10.0. The first kappa shape index (κ1) is 24.2. The van der Waals surface area contributed by atoms with Crippen LogP contribution in [0.15, 0.2) is 85.5 Å². The zero-order valence-electron chi connectivity index (χ0n) is 22.4. The Hall–Kier alpha value is -4.89. The summed E-state index contributed by atoms with van der Waals surface area (Å²) < 4.78 is 3.83. The Morgan fingerprint density at radius 1 is 1.00 bits per heavy atom. The molecule has 0 bridgehead atoms. The molecule has 0 aliphatic heterocycles. The summed E-state index contributed by atoms with van der Waals surface area (Å²) >= 11 is 0. The lowest BCUT2D eigenvalue weighted by molar-refractivity contribution is 0.464. The van der Waals surface area contributed by atoms with Crippen molar-refractivity contribution < 1.29 is 0 Å². The normalized spacial score (nSPS) is 15.4. The second-order valence-corrected chi connectivity index (χ2v) is 10.3. The van der Waals surface area contributed by atoms with E-state index in [2.05, 4.69) is 62.2 Å². The van der Waals surface area contributed by atoms with Gasteiger partial charge in [0.15, 0.2) is 17.3 Å². The van der Waals surface area contributed by atoms with Crippen LogP contribution in [0.4, 0.5) is 5.82 Å². The number of aromatic nitrogens is 7. The van der Waals surface area contributed by atoms with Crippen LogP contribution in [-0.2, 0) is 6.42 Å². The molecule has 0 saturated heterocycles. The topological polar surface area (TPSA) is 112 Å². The van der Waals surface area contributed by atoms with Crippen LogP contribution in [0.1, 0.15) is 47.8 Å². The lowest BCUT2D eigenvalue weighted by Crippen LogP contribution is -2.23. The maximum Gasteiger partial charge on any atom is 0.167 e. The molecule has 1 aliphatic rings. The number of nitrogens with zero attached hydrogens (tertiary/aromatic N) is 7. The van der Waals surface area contributed by atoms with Gasteiger partial charge in [0.2, 0.25) is 0 Å². The summed E-state index contributed by atoms with van der Waals surface area (Å²) in [5.74, 6) is 1.85. The highest BCUT2D eigenvalue weighted by atomic mass is 15.3. The van der Waals surface area contributed by atoms with Crippen LogP contribution in [0.2, 0.25) is 0 Å². The minimum Gasteiger partial charge on any atom is -0.383 e. The molecule has 2 unspecified atom stereocenters. The number of pyridine rings is 3. The molecule has 198 valence electrons. The monoisotopic (exact) mass is 527 g/mol. The fourth-order valence-electron chi connectivity index (χ4n) is 5.56. The number of benzene rings is 1. The Morgan fingerprint density at radius 2 is 1.93 bits per heavy atom. The molecule has 1 aromatic carbocycles. The summed E-state index contributed by atoms with van der Waals surface area (Å²) in [5, 5.41) is 8.18. The Kier molecular flexibility index (Phi) is 5.86. The van der Waals surface area contributed by atoms with Crippen LogP contribution < -0.4 is 11.1 Å². The minimum atomic E-state index is 0.200. The number of nitrogen functional groups attached to an aromatic ring is 1. The maximum atomic E-state index is 6.33. The molecule has 2 atom stereocenters. The van der Waals surface area contributed by atoms with Crippen LogP contribution in [0.3, 0.4) is 0 Å². The van der Waals surface area contributed by atoms with Crippen LogP contribution >= 0.6 is 0 Å². The molecule has 9 heteroatoms. The molecule has 6 aromatic rings. The Labute approximate surface area is 231 Å². The second-order valence-electron chi connectivity index (χ2n) is 10.3. The third-order valence-corrected chi connectivity index (χ3v) is 7.66. The zero-order valence-corrected chi connectivity index (χ0v) is 22.4. The smallest absolute Gasteiger partial charge is 0.167 e. The summed E-state index contributed by atoms with van der Waals surface area (Å²) in [7, 11) is 0. The van der Waals surface area contributed by atoms with Crippen LogP contribution in [0.25, 0.3) is 34.1 Å². The molecule has 40 heavy (non-hydrogen) atoms. The minimum absolute atomic E-state index is 0.200. The SMILES string of the molecule is Cc1ccc(C(C)NC2CCc3cc(-n4c(-c5cccnc5N)nc5ccc(-n6cccn6)nc54)ccc32)cn1. The van der Waals surface area contributed by atoms with Crippen molar-refractivity contribution in [2.24, 2.45) is 0 Å². The van der Waals surface area contributed by atoms with E-state index in [1.54, 1.807) is 17.1 Å². The number of hydrogen-bond donors (Lipinski definition) is 2. The van der Waals surface area contributed by atoms with Crippen LogP contribution in [0, 0.1) is 6.92 Å². The number of hydrogen-bond acceptors (Lipinski definition) is 7. The van der Waals surface area contributed by atoms with Gasteiger partial charge in [0, 0.05) is 48.3 Å². The van der Waals surface area contributed by atoms with Gasteiger partial charge in [-0.1, -0.05) is 12.1 Å². The van der Waals surface area contributed by atoms with Gasteiger partial charge in [-0.25, -0.2) is 19.6 Å². The van der Waals surface area contributed by atoms with E-state index in [0.717, 1.165) is 46.8 Å². The lowest BCUT2D eigenvalue weighted by Gasteiger charge is -2.21.